The Morgan fingerprint density at radius 3 is 1.50 bits per heavy atom. The second-order valence-corrected chi connectivity index (χ2v) is 9.42. The Balaban J connectivity index is 1.24. The van der Waals surface area contributed by atoms with Crippen molar-refractivity contribution in [3.8, 4) is 11.5 Å². The highest BCUT2D eigenvalue weighted by Crippen LogP contribution is 2.33. The molecule has 5 heteroatoms. The van der Waals surface area contributed by atoms with Crippen LogP contribution in [-0.4, -0.2) is 66.8 Å². The zero-order valence-corrected chi connectivity index (χ0v) is 19.5. The minimum absolute atomic E-state index is 0.754. The first kappa shape index (κ1) is 21.6. The lowest BCUT2D eigenvalue weighted by molar-refractivity contribution is 0.183. The molecule has 0 aliphatic carbocycles. The first-order valence-electron chi connectivity index (χ1n) is 12.5. The molecule has 1 aromatic heterocycles. The zero-order chi connectivity index (χ0) is 21.8. The van der Waals surface area contributed by atoms with Gasteiger partial charge in [-0.1, -0.05) is 12.8 Å². The van der Waals surface area contributed by atoms with Crippen LogP contribution < -0.4 is 9.47 Å². The van der Waals surface area contributed by atoms with Crippen LogP contribution in [0.4, 0.5) is 0 Å². The maximum absolute atomic E-state index is 6.12. The summed E-state index contributed by atoms with van der Waals surface area (Å²) in [7, 11) is 2.14. The molecule has 3 aromatic rings. The van der Waals surface area contributed by atoms with Gasteiger partial charge in [0.2, 0.25) is 0 Å². The van der Waals surface area contributed by atoms with Gasteiger partial charge in [-0.15, -0.1) is 0 Å². The third kappa shape index (κ3) is 4.89. The summed E-state index contributed by atoms with van der Waals surface area (Å²) in [4.78, 5) is 5.04. The second kappa shape index (κ2) is 10.1. The minimum Gasteiger partial charge on any atom is -0.492 e. The predicted molar refractivity (Wildman–Crippen MR) is 132 cm³/mol. The fourth-order valence-electron chi connectivity index (χ4n) is 5.29. The maximum Gasteiger partial charge on any atom is 0.121 e. The second-order valence-electron chi connectivity index (χ2n) is 9.42. The molecule has 0 saturated carbocycles. The van der Waals surface area contributed by atoms with Crippen LogP contribution in [0.2, 0.25) is 0 Å². The van der Waals surface area contributed by atoms with Crippen molar-refractivity contribution >= 4 is 21.8 Å². The van der Waals surface area contributed by atoms with E-state index in [0.29, 0.717) is 0 Å². The molecule has 2 fully saturated rings. The number of ether oxygens (including phenoxy) is 2. The van der Waals surface area contributed by atoms with Crippen LogP contribution in [0, 0.1) is 0 Å². The summed E-state index contributed by atoms with van der Waals surface area (Å²) in [6.07, 6.45) is 8.05. The molecule has 0 bridgehead atoms. The molecule has 2 aromatic carbocycles. The Morgan fingerprint density at radius 1 is 0.625 bits per heavy atom. The highest BCUT2D eigenvalue weighted by Gasteiger charge is 2.13. The lowest BCUT2D eigenvalue weighted by Gasteiger charge is -2.26. The van der Waals surface area contributed by atoms with E-state index in [1.54, 1.807) is 0 Å². The van der Waals surface area contributed by atoms with Gasteiger partial charge >= 0.3 is 0 Å². The number of aromatic nitrogens is 1. The van der Waals surface area contributed by atoms with Gasteiger partial charge in [0.1, 0.15) is 24.7 Å². The van der Waals surface area contributed by atoms with Crippen LogP contribution in [0.25, 0.3) is 21.8 Å². The van der Waals surface area contributed by atoms with Crippen molar-refractivity contribution in [2.45, 2.75) is 38.5 Å². The number of aryl methyl sites for hydroxylation is 1. The number of nitrogens with zero attached hydrogens (tertiary/aromatic N) is 3. The van der Waals surface area contributed by atoms with E-state index in [2.05, 4.69) is 57.8 Å². The van der Waals surface area contributed by atoms with Crippen LogP contribution in [-0.2, 0) is 7.05 Å². The number of benzene rings is 2. The van der Waals surface area contributed by atoms with Crippen LogP contribution in [0.5, 0.6) is 11.5 Å². The van der Waals surface area contributed by atoms with E-state index in [9.17, 15) is 0 Å². The van der Waals surface area contributed by atoms with Gasteiger partial charge in [0, 0.05) is 43.0 Å². The zero-order valence-electron chi connectivity index (χ0n) is 19.5. The number of hydrogen-bond donors (Lipinski definition) is 0. The molecule has 5 rings (SSSR count). The number of hydrogen-bond acceptors (Lipinski definition) is 4. The quantitative estimate of drug-likeness (QED) is 0.495. The molecule has 0 atom stereocenters. The van der Waals surface area contributed by atoms with Crippen molar-refractivity contribution in [2.24, 2.45) is 7.05 Å². The maximum atomic E-state index is 6.12. The van der Waals surface area contributed by atoms with Crippen molar-refractivity contribution < 1.29 is 9.47 Å². The van der Waals surface area contributed by atoms with E-state index >= 15 is 0 Å². The molecule has 0 amide bonds. The normalized spacial score (nSPS) is 18.4. The molecule has 0 radical (unpaired) electrons. The molecule has 2 aliphatic rings. The van der Waals surface area contributed by atoms with Crippen molar-refractivity contribution in [3.05, 3.63) is 36.4 Å². The van der Waals surface area contributed by atoms with Gasteiger partial charge in [-0.05, 0) is 76.1 Å². The highest BCUT2D eigenvalue weighted by atomic mass is 16.5. The summed E-state index contributed by atoms with van der Waals surface area (Å²) in [5.41, 5.74) is 2.42. The van der Waals surface area contributed by atoms with Gasteiger partial charge in [-0.25, -0.2) is 0 Å². The Labute approximate surface area is 191 Å². The van der Waals surface area contributed by atoms with Crippen molar-refractivity contribution in [3.63, 3.8) is 0 Å². The van der Waals surface area contributed by atoms with Crippen LogP contribution in [0.3, 0.4) is 0 Å². The van der Waals surface area contributed by atoms with Gasteiger partial charge < -0.3 is 14.0 Å². The topological polar surface area (TPSA) is 29.9 Å². The molecule has 32 heavy (non-hydrogen) atoms. The van der Waals surface area contributed by atoms with Gasteiger partial charge in [0.05, 0.1) is 11.0 Å². The minimum atomic E-state index is 0.754. The fourth-order valence-corrected chi connectivity index (χ4v) is 5.29. The molecular formula is C27H37N3O2. The van der Waals surface area contributed by atoms with Gasteiger partial charge in [0.15, 0.2) is 0 Å². The predicted octanol–water partition coefficient (Wildman–Crippen LogP) is 5.06. The van der Waals surface area contributed by atoms with Crippen LogP contribution in [0.15, 0.2) is 36.4 Å². The molecule has 3 heterocycles. The smallest absolute Gasteiger partial charge is 0.121 e. The average molecular weight is 436 g/mol. The summed E-state index contributed by atoms with van der Waals surface area (Å²) in [5.74, 6) is 1.91. The first-order chi connectivity index (χ1) is 15.8. The van der Waals surface area contributed by atoms with E-state index < -0.39 is 0 Å². The Kier molecular flexibility index (Phi) is 6.84. The van der Waals surface area contributed by atoms with E-state index in [0.717, 1.165) is 37.8 Å². The summed E-state index contributed by atoms with van der Waals surface area (Å²) >= 11 is 0. The molecule has 5 nitrogen and oxygen atoms in total. The van der Waals surface area contributed by atoms with Crippen LogP contribution >= 0.6 is 0 Å². The van der Waals surface area contributed by atoms with Gasteiger partial charge in [-0.3, -0.25) is 9.80 Å². The summed E-state index contributed by atoms with van der Waals surface area (Å²) in [5, 5.41) is 2.54. The highest BCUT2D eigenvalue weighted by molar-refractivity contribution is 6.08. The fraction of sp³-hybridized carbons (Fsp3) is 0.556. The van der Waals surface area contributed by atoms with E-state index in [1.807, 2.05) is 0 Å². The largest absolute Gasteiger partial charge is 0.492 e. The average Bonchev–Trinajstić information content (AvgIpc) is 3.11. The summed E-state index contributed by atoms with van der Waals surface area (Å²) in [6.45, 7) is 8.41. The third-order valence-corrected chi connectivity index (χ3v) is 7.20. The molecule has 0 unspecified atom stereocenters. The lowest BCUT2D eigenvalue weighted by atomic mass is 10.1. The van der Waals surface area contributed by atoms with Gasteiger partial charge in [-0.2, -0.15) is 0 Å². The summed E-state index contributed by atoms with van der Waals surface area (Å²) < 4.78 is 14.5. The Bertz CT molecular complexity index is 951. The first-order valence-corrected chi connectivity index (χ1v) is 12.5. The lowest BCUT2D eigenvalue weighted by Crippen LogP contribution is -2.33. The number of fused-ring (bicyclic) bond motifs is 3. The number of rotatable bonds is 8. The van der Waals surface area contributed by atoms with Crippen LogP contribution in [0.1, 0.15) is 38.5 Å². The third-order valence-electron chi connectivity index (χ3n) is 7.20. The monoisotopic (exact) mass is 435 g/mol. The molecule has 2 aliphatic heterocycles. The SMILES string of the molecule is Cn1c2cc(OCCN3CCCCC3)ccc2c2ccc(OCCN3CCCCC3)cc21. The van der Waals surface area contributed by atoms with Crippen molar-refractivity contribution in [1.82, 2.24) is 14.4 Å². The van der Waals surface area contributed by atoms with Crippen molar-refractivity contribution in [1.29, 1.82) is 0 Å². The number of likely N-dealkylation sites (tertiary alicyclic amines) is 2. The molecule has 0 spiro atoms. The molecule has 0 N–H and O–H groups in total. The molecule has 2 saturated heterocycles. The molecule has 172 valence electrons. The van der Waals surface area contributed by atoms with Gasteiger partial charge in [0.25, 0.3) is 0 Å². The number of piperidine rings is 2. The van der Waals surface area contributed by atoms with E-state index in [-0.39, 0.29) is 0 Å². The Hall–Kier alpha value is -2.24. The van der Waals surface area contributed by atoms with E-state index in [1.165, 1.54) is 86.5 Å². The summed E-state index contributed by atoms with van der Waals surface area (Å²) in [6, 6.07) is 13.0. The van der Waals surface area contributed by atoms with E-state index in [4.69, 9.17) is 9.47 Å². The molecular weight excluding hydrogens is 398 g/mol. The Morgan fingerprint density at radius 2 is 1.06 bits per heavy atom. The van der Waals surface area contributed by atoms with Crippen molar-refractivity contribution in [2.75, 3.05) is 52.5 Å². The standard InChI is InChI=1S/C27H37N3O2/c1-28-26-20-22(31-18-16-29-12-4-2-5-13-29)8-10-24(26)25-11-9-23(21-27(25)28)32-19-17-30-14-6-3-7-15-30/h8-11,20-21H,2-7,12-19H2,1H3.